The summed E-state index contributed by atoms with van der Waals surface area (Å²) in [4.78, 5) is 16.5. The predicted octanol–water partition coefficient (Wildman–Crippen LogP) is 3.94. The van der Waals surface area contributed by atoms with E-state index in [1.54, 1.807) is 6.26 Å². The minimum absolute atomic E-state index is 0.131. The molecule has 0 aromatic heterocycles. The van der Waals surface area contributed by atoms with Gasteiger partial charge in [-0.15, -0.1) is 0 Å². The zero-order chi connectivity index (χ0) is 17.5. The van der Waals surface area contributed by atoms with Crippen LogP contribution in [0.15, 0.2) is 64.6 Å². The molecule has 1 aromatic carbocycles. The number of rotatable bonds is 4. The minimum atomic E-state index is 0.131. The third-order valence-corrected chi connectivity index (χ3v) is 5.08. The van der Waals surface area contributed by atoms with Crippen molar-refractivity contribution in [2.24, 2.45) is 10.9 Å². The van der Waals surface area contributed by atoms with Crippen LogP contribution in [-0.2, 0) is 9.53 Å². The van der Waals surface area contributed by atoms with Gasteiger partial charge in [0.1, 0.15) is 6.26 Å². The largest absolute Gasteiger partial charge is 0.433 e. The quantitative estimate of drug-likeness (QED) is 0.867. The van der Waals surface area contributed by atoms with Crippen LogP contribution in [0.3, 0.4) is 0 Å². The lowest BCUT2D eigenvalue weighted by Crippen LogP contribution is -2.25. The number of carbonyl (C=O) groups is 1. The normalized spacial score (nSPS) is 21.4. The average molecular weight is 347 g/mol. The molecule has 0 saturated heterocycles. The second-order valence-electron chi connectivity index (χ2n) is 7.36. The highest BCUT2D eigenvalue weighted by Gasteiger charge is 2.30. The molecule has 1 aromatic rings. The van der Waals surface area contributed by atoms with Gasteiger partial charge in [-0.2, -0.15) is 4.99 Å². The number of carbonyl (C=O) groups excluding carboxylic acids is 1. The molecule has 1 amide bonds. The maximum Gasteiger partial charge on any atom is 0.299 e. The monoisotopic (exact) mass is 347 g/mol. The molecule has 2 saturated carbocycles. The van der Waals surface area contributed by atoms with Gasteiger partial charge in [-0.05, 0) is 55.4 Å². The molecule has 4 aliphatic rings. The van der Waals surface area contributed by atoms with E-state index in [1.165, 1.54) is 18.4 Å². The number of fused-ring (bicyclic) bond motifs is 1. The van der Waals surface area contributed by atoms with Gasteiger partial charge in [-0.3, -0.25) is 4.79 Å². The Labute approximate surface area is 152 Å². The van der Waals surface area contributed by atoms with Gasteiger partial charge < -0.3 is 15.4 Å². The topological polar surface area (TPSA) is 62.7 Å². The second kappa shape index (κ2) is 6.16. The van der Waals surface area contributed by atoms with Crippen molar-refractivity contribution in [3.8, 4) is 0 Å². The number of hydrogen-bond donors (Lipinski definition) is 2. The lowest BCUT2D eigenvalue weighted by molar-refractivity contribution is -0.121. The van der Waals surface area contributed by atoms with Crippen molar-refractivity contribution in [2.75, 3.05) is 5.32 Å². The van der Waals surface area contributed by atoms with Crippen LogP contribution in [0, 0.1) is 5.92 Å². The van der Waals surface area contributed by atoms with E-state index in [0.29, 0.717) is 18.4 Å². The number of aliphatic imine (C=N–C) groups is 1. The number of allylic oxidation sites excluding steroid dienone is 2. The first-order valence-corrected chi connectivity index (χ1v) is 9.29. The zero-order valence-corrected chi connectivity index (χ0v) is 14.5. The van der Waals surface area contributed by atoms with Crippen LogP contribution in [0.4, 0.5) is 5.69 Å². The molecule has 2 N–H and O–H groups in total. The predicted molar refractivity (Wildman–Crippen MR) is 100 cm³/mol. The van der Waals surface area contributed by atoms with Crippen molar-refractivity contribution in [3.63, 3.8) is 0 Å². The fourth-order valence-corrected chi connectivity index (χ4v) is 3.27. The van der Waals surface area contributed by atoms with E-state index in [9.17, 15) is 4.79 Å². The molecule has 1 heterocycles. The second-order valence-corrected chi connectivity index (χ2v) is 7.36. The number of amidine groups is 1. The molecule has 0 spiro atoms. The van der Waals surface area contributed by atoms with Gasteiger partial charge in [0.05, 0.1) is 5.70 Å². The first kappa shape index (κ1) is 15.4. The molecule has 5 heteroatoms. The van der Waals surface area contributed by atoms with Gasteiger partial charge in [0.15, 0.2) is 0 Å². The van der Waals surface area contributed by atoms with Crippen LogP contribution < -0.4 is 10.6 Å². The molecule has 26 heavy (non-hydrogen) atoms. The Kier molecular flexibility index (Phi) is 3.66. The summed E-state index contributed by atoms with van der Waals surface area (Å²) in [5.74, 6) is 1.05. The molecule has 1 aliphatic heterocycles. The number of nitrogens with one attached hydrogen (secondary N) is 2. The third kappa shape index (κ3) is 3.29. The van der Waals surface area contributed by atoms with E-state index in [2.05, 4.69) is 33.8 Å². The van der Waals surface area contributed by atoms with Crippen LogP contribution in [0.2, 0.25) is 0 Å². The Bertz CT molecular complexity index is 886. The van der Waals surface area contributed by atoms with Crippen LogP contribution in [0.25, 0.3) is 0 Å². The molecular formula is C21H21N3O2. The first-order valence-electron chi connectivity index (χ1n) is 9.29. The molecule has 5 rings (SSSR count). The summed E-state index contributed by atoms with van der Waals surface area (Å²) in [7, 11) is 0. The number of hydrogen-bond acceptors (Lipinski definition) is 4. The lowest BCUT2D eigenvalue weighted by Gasteiger charge is -2.20. The van der Waals surface area contributed by atoms with Crippen molar-refractivity contribution in [1.82, 2.24) is 5.32 Å². The van der Waals surface area contributed by atoms with Crippen molar-refractivity contribution < 1.29 is 9.53 Å². The molecule has 0 atom stereocenters. The Hall–Kier alpha value is -2.82. The summed E-state index contributed by atoms with van der Waals surface area (Å²) >= 11 is 0. The van der Waals surface area contributed by atoms with E-state index >= 15 is 0 Å². The number of anilines is 1. The Morgan fingerprint density at radius 3 is 2.88 bits per heavy atom. The van der Waals surface area contributed by atoms with Gasteiger partial charge in [-0.1, -0.05) is 18.2 Å². The van der Waals surface area contributed by atoms with Crippen molar-refractivity contribution in [2.45, 2.75) is 38.0 Å². The molecule has 5 nitrogen and oxygen atoms in total. The smallest absolute Gasteiger partial charge is 0.299 e. The van der Waals surface area contributed by atoms with Crippen LogP contribution in [0.1, 0.15) is 43.6 Å². The summed E-state index contributed by atoms with van der Waals surface area (Å²) in [6.45, 7) is 0. The maximum absolute atomic E-state index is 11.9. The Morgan fingerprint density at radius 2 is 2.08 bits per heavy atom. The van der Waals surface area contributed by atoms with E-state index in [1.807, 2.05) is 18.2 Å². The minimum Gasteiger partial charge on any atom is -0.433 e. The Morgan fingerprint density at radius 1 is 1.19 bits per heavy atom. The molecule has 0 bridgehead atoms. The van der Waals surface area contributed by atoms with E-state index in [4.69, 9.17) is 4.74 Å². The van der Waals surface area contributed by atoms with Gasteiger partial charge in [0, 0.05) is 29.3 Å². The van der Waals surface area contributed by atoms with E-state index in [0.717, 1.165) is 35.5 Å². The molecule has 3 aliphatic carbocycles. The number of amides is 1. The summed E-state index contributed by atoms with van der Waals surface area (Å²) in [6.07, 6.45) is 10.9. The first-order chi connectivity index (χ1) is 12.7. The van der Waals surface area contributed by atoms with Crippen molar-refractivity contribution in [1.29, 1.82) is 0 Å². The van der Waals surface area contributed by atoms with Crippen LogP contribution >= 0.6 is 0 Å². The summed E-state index contributed by atoms with van der Waals surface area (Å²) in [5, 5.41) is 6.26. The van der Waals surface area contributed by atoms with Gasteiger partial charge in [0.2, 0.25) is 5.91 Å². The molecule has 0 radical (unpaired) electrons. The number of nitrogens with zero attached hydrogens (tertiary/aromatic N) is 1. The summed E-state index contributed by atoms with van der Waals surface area (Å²) in [5.41, 5.74) is 5.04. The number of ether oxygens (including phenoxy) is 1. The lowest BCUT2D eigenvalue weighted by atomic mass is 10.0. The fraction of sp³-hybridized carbons (Fsp3) is 0.333. The molecular weight excluding hydrogens is 326 g/mol. The average Bonchev–Trinajstić information content (AvgIpc) is 3.55. The van der Waals surface area contributed by atoms with E-state index < -0.39 is 0 Å². The number of benzene rings is 1. The van der Waals surface area contributed by atoms with Gasteiger partial charge in [0.25, 0.3) is 6.02 Å². The third-order valence-electron chi connectivity index (χ3n) is 5.08. The SMILES string of the molecule is O=C(NC1=CC2=COC(Nc3cccc(C4CC4)c3)=NC2=CC1)C1CC1. The highest BCUT2D eigenvalue weighted by molar-refractivity contribution is 5.91. The highest BCUT2D eigenvalue weighted by atomic mass is 16.5. The van der Waals surface area contributed by atoms with Crippen molar-refractivity contribution in [3.05, 3.63) is 65.2 Å². The van der Waals surface area contributed by atoms with Crippen LogP contribution in [-0.4, -0.2) is 11.9 Å². The van der Waals surface area contributed by atoms with E-state index in [-0.39, 0.29) is 11.8 Å². The maximum atomic E-state index is 11.9. The fourth-order valence-electron chi connectivity index (χ4n) is 3.27. The molecule has 132 valence electrons. The van der Waals surface area contributed by atoms with Gasteiger partial charge in [-0.25, -0.2) is 0 Å². The standard InChI is InChI=1S/C21H21N3O2/c25-20(14-6-7-14)22-18-8-9-19-16(11-18)12-26-21(24-19)23-17-3-1-2-15(10-17)13-4-5-13/h1-3,9-14H,4-8H2,(H,22,25)(H,23,24). The summed E-state index contributed by atoms with van der Waals surface area (Å²) < 4.78 is 5.66. The van der Waals surface area contributed by atoms with Crippen molar-refractivity contribution >= 4 is 17.6 Å². The Balaban J connectivity index is 1.26. The molecule has 0 unspecified atom stereocenters. The zero-order valence-electron chi connectivity index (χ0n) is 14.5. The van der Waals surface area contributed by atoms with Crippen LogP contribution in [0.5, 0.6) is 0 Å². The summed E-state index contributed by atoms with van der Waals surface area (Å²) in [6, 6.07) is 8.92. The van der Waals surface area contributed by atoms with Gasteiger partial charge >= 0.3 is 0 Å². The highest BCUT2D eigenvalue weighted by Crippen LogP contribution is 2.40. The molecule has 2 fully saturated rings.